The summed E-state index contributed by atoms with van der Waals surface area (Å²) in [6, 6.07) is 7.70. The van der Waals surface area contributed by atoms with Crippen LogP contribution in [0.15, 0.2) is 30.3 Å². The van der Waals surface area contributed by atoms with Crippen LogP contribution in [0.2, 0.25) is 5.02 Å². The van der Waals surface area contributed by atoms with Crippen molar-refractivity contribution in [2.24, 2.45) is 0 Å². The highest BCUT2D eigenvalue weighted by atomic mass is 35.5. The topological polar surface area (TPSA) is 39.2 Å². The van der Waals surface area contributed by atoms with Gasteiger partial charge in [-0.15, -0.1) is 0 Å². The molecule has 0 aliphatic carbocycles. The monoisotopic (exact) mass is 279 g/mol. The third kappa shape index (κ3) is 3.29. The molecule has 0 radical (unpaired) electrons. The molecule has 0 aliphatic heterocycles. The number of pyridine rings is 1. The van der Waals surface area contributed by atoms with Crippen LogP contribution in [0, 0.1) is 12.7 Å². The molecule has 3 nitrogen and oxygen atoms in total. The number of nitrogens with zero attached hydrogens (tertiary/aromatic N) is 1. The van der Waals surface area contributed by atoms with Gasteiger partial charge in [0.15, 0.2) is 6.29 Å². The van der Waals surface area contributed by atoms with Crippen molar-refractivity contribution in [3.05, 3.63) is 58.1 Å². The van der Waals surface area contributed by atoms with Gasteiger partial charge < -0.3 is 4.74 Å². The molecule has 0 saturated heterocycles. The molecule has 1 heterocycles. The van der Waals surface area contributed by atoms with Gasteiger partial charge in [0.2, 0.25) is 0 Å². The standard InChI is InChI=1S/C14H11ClFNO2/c1-9-2-5-14(13(7-18)17-9)19-8-10-3-4-11(15)6-12(10)16/h2-7H,8H2,1H3. The molecule has 0 atom stereocenters. The van der Waals surface area contributed by atoms with Crippen molar-refractivity contribution in [2.75, 3.05) is 0 Å². The van der Waals surface area contributed by atoms with Crippen molar-refractivity contribution in [1.82, 2.24) is 4.98 Å². The summed E-state index contributed by atoms with van der Waals surface area (Å²) >= 11 is 5.66. The molecule has 0 saturated carbocycles. The van der Waals surface area contributed by atoms with Gasteiger partial charge in [-0.2, -0.15) is 0 Å². The van der Waals surface area contributed by atoms with Gasteiger partial charge in [0.05, 0.1) is 0 Å². The Morgan fingerprint density at radius 1 is 1.37 bits per heavy atom. The highest BCUT2D eigenvalue weighted by molar-refractivity contribution is 6.30. The molecule has 1 aromatic carbocycles. The van der Waals surface area contributed by atoms with Gasteiger partial charge >= 0.3 is 0 Å². The number of aromatic nitrogens is 1. The van der Waals surface area contributed by atoms with Crippen molar-refractivity contribution < 1.29 is 13.9 Å². The second kappa shape index (κ2) is 5.80. The van der Waals surface area contributed by atoms with E-state index in [1.54, 1.807) is 31.2 Å². The van der Waals surface area contributed by atoms with Crippen LogP contribution in [0.25, 0.3) is 0 Å². The zero-order chi connectivity index (χ0) is 13.8. The van der Waals surface area contributed by atoms with Crippen LogP contribution >= 0.6 is 11.6 Å². The number of aryl methyl sites for hydroxylation is 1. The molecule has 0 N–H and O–H groups in total. The molecule has 19 heavy (non-hydrogen) atoms. The van der Waals surface area contributed by atoms with E-state index in [0.717, 1.165) is 0 Å². The maximum atomic E-state index is 13.6. The van der Waals surface area contributed by atoms with Crippen LogP contribution in [-0.2, 0) is 6.61 Å². The second-order valence-electron chi connectivity index (χ2n) is 3.98. The van der Waals surface area contributed by atoms with E-state index in [4.69, 9.17) is 16.3 Å². The SMILES string of the molecule is Cc1ccc(OCc2ccc(Cl)cc2F)c(C=O)n1. The first kappa shape index (κ1) is 13.5. The number of ether oxygens (including phenoxy) is 1. The summed E-state index contributed by atoms with van der Waals surface area (Å²) < 4.78 is 19.0. The number of aldehydes is 1. The molecule has 2 rings (SSSR count). The number of benzene rings is 1. The smallest absolute Gasteiger partial charge is 0.172 e. The van der Waals surface area contributed by atoms with Crippen LogP contribution < -0.4 is 4.74 Å². The Morgan fingerprint density at radius 3 is 2.84 bits per heavy atom. The van der Waals surface area contributed by atoms with Crippen LogP contribution in [0.5, 0.6) is 5.75 Å². The molecule has 5 heteroatoms. The highest BCUT2D eigenvalue weighted by Crippen LogP contribution is 2.19. The number of rotatable bonds is 4. The minimum Gasteiger partial charge on any atom is -0.486 e. The van der Waals surface area contributed by atoms with Gasteiger partial charge in [0, 0.05) is 16.3 Å². The first-order chi connectivity index (χ1) is 9.10. The summed E-state index contributed by atoms with van der Waals surface area (Å²) in [5.41, 5.74) is 1.28. The van der Waals surface area contributed by atoms with E-state index in [0.29, 0.717) is 28.3 Å². The quantitative estimate of drug-likeness (QED) is 0.803. The molecular formula is C14H11ClFNO2. The lowest BCUT2D eigenvalue weighted by Gasteiger charge is -2.09. The summed E-state index contributed by atoms with van der Waals surface area (Å²) in [5, 5.41) is 0.326. The third-order valence-electron chi connectivity index (χ3n) is 2.54. The minimum atomic E-state index is -0.444. The van der Waals surface area contributed by atoms with E-state index >= 15 is 0 Å². The van der Waals surface area contributed by atoms with E-state index in [1.807, 2.05) is 0 Å². The number of halogens is 2. The van der Waals surface area contributed by atoms with E-state index in [-0.39, 0.29) is 12.3 Å². The zero-order valence-corrected chi connectivity index (χ0v) is 10.9. The third-order valence-corrected chi connectivity index (χ3v) is 2.77. The van der Waals surface area contributed by atoms with E-state index in [1.165, 1.54) is 6.07 Å². The van der Waals surface area contributed by atoms with Crippen LogP contribution in [-0.4, -0.2) is 11.3 Å². The largest absolute Gasteiger partial charge is 0.486 e. The predicted molar refractivity (Wildman–Crippen MR) is 70.1 cm³/mol. The van der Waals surface area contributed by atoms with E-state index in [2.05, 4.69) is 4.98 Å². The lowest BCUT2D eigenvalue weighted by Crippen LogP contribution is -2.02. The van der Waals surface area contributed by atoms with Gasteiger partial charge in [0.1, 0.15) is 23.9 Å². The molecule has 98 valence electrons. The summed E-state index contributed by atoms with van der Waals surface area (Å²) in [7, 11) is 0. The molecule has 0 amide bonds. The van der Waals surface area contributed by atoms with Gasteiger partial charge in [-0.1, -0.05) is 17.7 Å². The zero-order valence-electron chi connectivity index (χ0n) is 10.2. The number of hydrogen-bond acceptors (Lipinski definition) is 3. The van der Waals surface area contributed by atoms with Gasteiger partial charge in [0.25, 0.3) is 0 Å². The normalized spacial score (nSPS) is 10.3. The summed E-state index contributed by atoms with van der Waals surface area (Å²) in [6.45, 7) is 1.78. The van der Waals surface area contributed by atoms with Crippen LogP contribution in [0.4, 0.5) is 4.39 Å². The Balaban J connectivity index is 2.16. The van der Waals surface area contributed by atoms with Gasteiger partial charge in [-0.3, -0.25) is 4.79 Å². The van der Waals surface area contributed by atoms with Gasteiger partial charge in [-0.05, 0) is 31.2 Å². The molecule has 0 bridgehead atoms. The van der Waals surface area contributed by atoms with Crippen molar-refractivity contribution in [3.63, 3.8) is 0 Å². The van der Waals surface area contributed by atoms with E-state index < -0.39 is 5.82 Å². The Labute approximate surface area is 115 Å². The fourth-order valence-electron chi connectivity index (χ4n) is 1.56. The fraction of sp³-hybridized carbons (Fsp3) is 0.143. The van der Waals surface area contributed by atoms with E-state index in [9.17, 15) is 9.18 Å². The molecular weight excluding hydrogens is 269 g/mol. The van der Waals surface area contributed by atoms with Crippen LogP contribution in [0.1, 0.15) is 21.7 Å². The molecule has 0 fully saturated rings. The maximum absolute atomic E-state index is 13.6. The molecule has 0 unspecified atom stereocenters. The van der Waals surface area contributed by atoms with Crippen molar-refractivity contribution in [2.45, 2.75) is 13.5 Å². The second-order valence-corrected chi connectivity index (χ2v) is 4.41. The Morgan fingerprint density at radius 2 is 2.16 bits per heavy atom. The molecule has 2 aromatic rings. The number of carbonyl (C=O) groups is 1. The van der Waals surface area contributed by atoms with Crippen molar-refractivity contribution in [3.8, 4) is 5.75 Å². The summed E-state index contributed by atoms with van der Waals surface area (Å²) in [6.07, 6.45) is 0.612. The van der Waals surface area contributed by atoms with Crippen LogP contribution in [0.3, 0.4) is 0 Å². The molecule has 1 aromatic heterocycles. The average molecular weight is 280 g/mol. The highest BCUT2D eigenvalue weighted by Gasteiger charge is 2.08. The lowest BCUT2D eigenvalue weighted by atomic mass is 10.2. The molecule has 0 spiro atoms. The van der Waals surface area contributed by atoms with Gasteiger partial charge in [-0.25, -0.2) is 9.37 Å². The fourth-order valence-corrected chi connectivity index (χ4v) is 1.72. The first-order valence-electron chi connectivity index (χ1n) is 5.59. The Kier molecular flexibility index (Phi) is 4.12. The minimum absolute atomic E-state index is 0.00852. The lowest BCUT2D eigenvalue weighted by molar-refractivity contribution is 0.111. The summed E-state index contributed by atoms with van der Waals surface area (Å²) in [5.74, 6) is -0.116. The number of carbonyl (C=O) groups excluding carboxylic acids is 1. The Bertz CT molecular complexity index is 616. The molecule has 0 aliphatic rings. The predicted octanol–water partition coefficient (Wildman–Crippen LogP) is 3.57. The number of hydrogen-bond donors (Lipinski definition) is 0. The Hall–Kier alpha value is -1.94. The first-order valence-corrected chi connectivity index (χ1v) is 5.97. The summed E-state index contributed by atoms with van der Waals surface area (Å²) in [4.78, 5) is 14.9. The van der Waals surface area contributed by atoms with Crippen molar-refractivity contribution >= 4 is 17.9 Å². The maximum Gasteiger partial charge on any atom is 0.172 e. The average Bonchev–Trinajstić information content (AvgIpc) is 2.39. The van der Waals surface area contributed by atoms with Crippen molar-refractivity contribution in [1.29, 1.82) is 0 Å².